The predicted molar refractivity (Wildman–Crippen MR) is 130 cm³/mol. The molecule has 2 aliphatic heterocycles. The van der Waals surface area contributed by atoms with Gasteiger partial charge in [-0.25, -0.2) is 4.98 Å². The van der Waals surface area contributed by atoms with Crippen molar-refractivity contribution in [3.63, 3.8) is 0 Å². The molecule has 2 saturated heterocycles. The van der Waals surface area contributed by atoms with Crippen LogP contribution in [0.5, 0.6) is 5.75 Å². The van der Waals surface area contributed by atoms with Crippen molar-refractivity contribution < 1.29 is 19.3 Å². The van der Waals surface area contributed by atoms with E-state index in [1.807, 2.05) is 32.0 Å². The number of aliphatic hydroxyl groups is 1. The van der Waals surface area contributed by atoms with Gasteiger partial charge in [0.25, 0.3) is 0 Å². The van der Waals surface area contributed by atoms with Crippen LogP contribution in [0, 0.1) is 0 Å². The van der Waals surface area contributed by atoms with Crippen molar-refractivity contribution in [2.45, 2.75) is 43.7 Å². The van der Waals surface area contributed by atoms with Crippen molar-refractivity contribution in [1.82, 2.24) is 9.97 Å². The van der Waals surface area contributed by atoms with Gasteiger partial charge in [0.2, 0.25) is 0 Å². The van der Waals surface area contributed by atoms with Crippen molar-refractivity contribution >= 4 is 29.0 Å². The molecule has 0 radical (unpaired) electrons. The Bertz CT molecular complexity index is 1190. The zero-order valence-corrected chi connectivity index (χ0v) is 20.3. The van der Waals surface area contributed by atoms with Gasteiger partial charge >= 0.3 is 0 Å². The quantitative estimate of drug-likeness (QED) is 0.517. The lowest BCUT2D eigenvalue weighted by atomic mass is 9.88. The second-order valence-corrected chi connectivity index (χ2v) is 9.66. The van der Waals surface area contributed by atoms with Gasteiger partial charge in [0.15, 0.2) is 11.6 Å². The lowest BCUT2D eigenvalue weighted by Crippen LogP contribution is -2.42. The molecular weight excluding hydrogens is 477 g/mol. The number of hydrogen-bond acceptors (Lipinski definition) is 7. The number of ether oxygens (including phenoxy) is 3. The summed E-state index contributed by atoms with van der Waals surface area (Å²) in [4.78, 5) is 8.96. The van der Waals surface area contributed by atoms with Crippen molar-refractivity contribution in [3.8, 4) is 16.9 Å². The highest BCUT2D eigenvalue weighted by Gasteiger charge is 2.57. The first-order valence-electron chi connectivity index (χ1n) is 11.0. The summed E-state index contributed by atoms with van der Waals surface area (Å²) in [6.07, 6.45) is 2.17. The molecule has 2 aliphatic rings. The number of nitrogens with two attached hydrogens (primary N) is 1. The molecule has 9 heteroatoms. The molecule has 5 rings (SSSR count). The summed E-state index contributed by atoms with van der Waals surface area (Å²) in [5.41, 5.74) is 8.60. The zero-order valence-electron chi connectivity index (χ0n) is 18.7. The van der Waals surface area contributed by atoms with Crippen LogP contribution in [-0.2, 0) is 9.47 Å². The number of fused-ring (bicyclic) bond motifs is 1. The second kappa shape index (κ2) is 8.98. The minimum absolute atomic E-state index is 0.0409. The van der Waals surface area contributed by atoms with Crippen molar-refractivity contribution in [2.75, 3.05) is 18.9 Å². The molecule has 1 aromatic carbocycles. The normalized spacial score (nSPS) is 26.9. The Labute approximate surface area is 207 Å². The van der Waals surface area contributed by atoms with E-state index >= 15 is 0 Å². The van der Waals surface area contributed by atoms with Crippen LogP contribution < -0.4 is 10.5 Å². The van der Waals surface area contributed by atoms with Crippen LogP contribution in [0.1, 0.15) is 37.1 Å². The molecule has 34 heavy (non-hydrogen) atoms. The molecule has 3 N–H and O–H groups in total. The van der Waals surface area contributed by atoms with E-state index in [1.54, 1.807) is 30.6 Å². The summed E-state index contributed by atoms with van der Waals surface area (Å²) in [5, 5.41) is 11.3. The fraction of sp³-hybridized carbons (Fsp3) is 0.360. The Morgan fingerprint density at radius 2 is 1.85 bits per heavy atom. The monoisotopic (exact) mass is 501 g/mol. The Balaban J connectivity index is 1.36. The van der Waals surface area contributed by atoms with Gasteiger partial charge in [-0.05, 0) is 38.1 Å². The topological polar surface area (TPSA) is 99.7 Å². The van der Waals surface area contributed by atoms with Crippen LogP contribution in [0.4, 0.5) is 5.82 Å². The standard InChI is InChI=1S/C25H25Cl2N3O4/c1-13(22-17(26)4-3-5-18(22)27)34-20-8-15(10-30-24(20)28)14-6-7-19(29-9-14)16-11-33-25(2)21(31)12-32-23(16)25/h3-10,13,16,21,23,31H,11-12H2,1-2H3,(H2,28,30). The van der Waals surface area contributed by atoms with Crippen LogP contribution in [0.3, 0.4) is 0 Å². The average Bonchev–Trinajstić information content (AvgIpc) is 3.30. The van der Waals surface area contributed by atoms with Crippen molar-refractivity contribution in [2.24, 2.45) is 0 Å². The van der Waals surface area contributed by atoms with Crippen LogP contribution in [0.2, 0.25) is 10.0 Å². The molecule has 0 saturated carbocycles. The summed E-state index contributed by atoms with van der Waals surface area (Å²) >= 11 is 12.7. The molecule has 7 nitrogen and oxygen atoms in total. The van der Waals surface area contributed by atoms with E-state index in [2.05, 4.69) is 9.97 Å². The van der Waals surface area contributed by atoms with Gasteiger partial charge in [-0.3, -0.25) is 4.98 Å². The van der Waals surface area contributed by atoms with E-state index in [0.717, 1.165) is 16.8 Å². The van der Waals surface area contributed by atoms with E-state index < -0.39 is 17.8 Å². The third kappa shape index (κ3) is 4.01. The van der Waals surface area contributed by atoms with E-state index in [9.17, 15) is 5.11 Å². The molecule has 0 bridgehead atoms. The predicted octanol–water partition coefficient (Wildman–Crippen LogP) is 4.80. The Morgan fingerprint density at radius 1 is 1.12 bits per heavy atom. The molecule has 2 fully saturated rings. The maximum absolute atomic E-state index is 10.2. The van der Waals surface area contributed by atoms with Crippen LogP contribution in [0.15, 0.2) is 48.8 Å². The Morgan fingerprint density at radius 3 is 2.56 bits per heavy atom. The number of halogens is 2. The van der Waals surface area contributed by atoms with Gasteiger partial charge in [-0.1, -0.05) is 35.3 Å². The molecule has 3 aromatic rings. The first-order valence-corrected chi connectivity index (χ1v) is 11.8. The summed E-state index contributed by atoms with van der Waals surface area (Å²) in [6, 6.07) is 11.1. The smallest absolute Gasteiger partial charge is 0.166 e. The van der Waals surface area contributed by atoms with Gasteiger partial charge in [-0.15, -0.1) is 0 Å². The Kier molecular flexibility index (Phi) is 6.16. The molecule has 4 heterocycles. The number of benzene rings is 1. The van der Waals surface area contributed by atoms with Crippen molar-refractivity contribution in [3.05, 3.63) is 70.1 Å². The van der Waals surface area contributed by atoms with E-state index in [0.29, 0.717) is 28.0 Å². The molecule has 2 aromatic heterocycles. The maximum atomic E-state index is 10.2. The summed E-state index contributed by atoms with van der Waals surface area (Å²) in [7, 11) is 0. The first-order chi connectivity index (χ1) is 16.3. The number of pyridine rings is 2. The minimum atomic E-state index is -0.695. The molecular formula is C25H25Cl2N3O4. The third-order valence-corrected chi connectivity index (χ3v) is 7.35. The zero-order chi connectivity index (χ0) is 24.0. The fourth-order valence-corrected chi connectivity index (χ4v) is 5.36. The number of anilines is 1. The van der Waals surface area contributed by atoms with Crippen molar-refractivity contribution in [1.29, 1.82) is 0 Å². The van der Waals surface area contributed by atoms with E-state index in [4.69, 9.17) is 43.1 Å². The lowest BCUT2D eigenvalue weighted by molar-refractivity contribution is -0.0621. The highest BCUT2D eigenvalue weighted by atomic mass is 35.5. The molecule has 0 spiro atoms. The number of rotatable bonds is 5. The summed E-state index contributed by atoms with van der Waals surface area (Å²) in [6.45, 7) is 4.47. The van der Waals surface area contributed by atoms with Crippen LogP contribution in [0.25, 0.3) is 11.1 Å². The van der Waals surface area contributed by atoms with Gasteiger partial charge in [0.1, 0.15) is 17.8 Å². The van der Waals surface area contributed by atoms with E-state index in [1.165, 1.54) is 0 Å². The van der Waals surface area contributed by atoms with Gasteiger partial charge in [0.05, 0.1) is 25.2 Å². The largest absolute Gasteiger partial charge is 0.482 e. The molecule has 0 aliphatic carbocycles. The fourth-order valence-electron chi connectivity index (χ4n) is 4.66. The molecule has 0 amide bonds. The maximum Gasteiger partial charge on any atom is 0.166 e. The highest BCUT2D eigenvalue weighted by molar-refractivity contribution is 6.36. The number of hydrogen-bond donors (Lipinski definition) is 2. The Hall–Kier alpha value is -2.42. The van der Waals surface area contributed by atoms with Gasteiger partial charge in [0, 0.05) is 44.8 Å². The SMILES string of the molecule is CC(Oc1cc(-c2ccc(C3COC4(C)C(O)COC34)nc2)cnc1N)c1c(Cl)cccc1Cl. The second-order valence-electron chi connectivity index (χ2n) is 8.85. The number of aliphatic hydroxyl groups excluding tert-OH is 1. The summed E-state index contributed by atoms with van der Waals surface area (Å²) in [5.74, 6) is 0.655. The molecule has 5 unspecified atom stereocenters. The number of aromatic nitrogens is 2. The third-order valence-electron chi connectivity index (χ3n) is 6.69. The highest BCUT2D eigenvalue weighted by Crippen LogP contribution is 2.44. The molecule has 178 valence electrons. The number of nitrogens with zero attached hydrogens (tertiary/aromatic N) is 2. The molecule has 5 atom stereocenters. The van der Waals surface area contributed by atoms with Gasteiger partial charge < -0.3 is 25.1 Å². The average molecular weight is 502 g/mol. The van der Waals surface area contributed by atoms with Crippen LogP contribution in [-0.4, -0.2) is 46.1 Å². The number of nitrogen functional groups attached to an aromatic ring is 1. The lowest BCUT2D eigenvalue weighted by Gasteiger charge is -2.25. The van der Waals surface area contributed by atoms with E-state index in [-0.39, 0.29) is 24.4 Å². The van der Waals surface area contributed by atoms with Crippen LogP contribution >= 0.6 is 23.2 Å². The van der Waals surface area contributed by atoms with Gasteiger partial charge in [-0.2, -0.15) is 0 Å². The summed E-state index contributed by atoms with van der Waals surface area (Å²) < 4.78 is 17.8. The minimum Gasteiger partial charge on any atom is -0.482 e. The first kappa shape index (κ1) is 23.3.